The normalized spacial score (nSPS) is 6.44. The maximum atomic E-state index is 9.14. The number of aliphatic hydroxyl groups is 2. The summed E-state index contributed by atoms with van der Waals surface area (Å²) in [6.45, 7) is -0.250. The summed E-state index contributed by atoms with van der Waals surface area (Å²) in [6, 6.07) is 0. The summed E-state index contributed by atoms with van der Waals surface area (Å²) >= 11 is -1.89. The van der Waals surface area contributed by atoms with Crippen LogP contribution in [0.4, 0.5) is 0 Å². The van der Waals surface area contributed by atoms with Crippen LogP contribution in [0.3, 0.4) is 0 Å². The van der Waals surface area contributed by atoms with Gasteiger partial charge in [0.15, 0.2) is 0 Å². The summed E-state index contributed by atoms with van der Waals surface area (Å²) in [5.41, 5.74) is 0. The van der Waals surface area contributed by atoms with Crippen LogP contribution in [0.2, 0.25) is 0 Å². The summed E-state index contributed by atoms with van der Waals surface area (Å²) in [5.74, 6) is 0. The molecular formula is C2H6O5STi. The van der Waals surface area contributed by atoms with Crippen molar-refractivity contribution in [3.63, 3.8) is 0 Å². The molecule has 0 aliphatic heterocycles. The Hall–Kier alpha value is 0.254. The Balaban J connectivity index is 0. The Morgan fingerprint density at radius 2 is 1.44 bits per heavy atom. The van der Waals surface area contributed by atoms with E-state index in [0.717, 1.165) is 0 Å². The molecule has 0 unspecified atom stereocenters. The van der Waals surface area contributed by atoms with Crippen LogP contribution in [0.15, 0.2) is 0 Å². The molecule has 0 amide bonds. The van der Waals surface area contributed by atoms with Crippen LogP contribution in [-0.2, 0) is 28.4 Å². The molecule has 9 heavy (non-hydrogen) atoms. The molecule has 0 bridgehead atoms. The van der Waals surface area contributed by atoms with Crippen molar-refractivity contribution in [3.05, 3.63) is 0 Å². The first-order valence-corrected chi connectivity index (χ1v) is 5.50. The van der Waals surface area contributed by atoms with Gasteiger partial charge < -0.3 is 10.2 Å². The second-order valence-electron chi connectivity index (χ2n) is 0.765. The zero-order valence-corrected chi connectivity index (χ0v) is 6.82. The van der Waals surface area contributed by atoms with E-state index >= 15 is 0 Å². The van der Waals surface area contributed by atoms with Gasteiger partial charge in [-0.3, -0.25) is 0 Å². The third-order valence-electron chi connectivity index (χ3n) is 0.168. The van der Waals surface area contributed by atoms with Crippen LogP contribution >= 0.6 is 0 Å². The monoisotopic (exact) mass is 190 g/mol. The zero-order chi connectivity index (χ0) is 7.70. The standard InChI is InChI=1S/C2H6O2.O2S.O.Ti/c3-1-2-4;1-3-2;;/h3-4H,1-2H2;;;. The average molecular weight is 190 g/mol. The van der Waals surface area contributed by atoms with Gasteiger partial charge in [0.05, 0.1) is 13.2 Å². The third-order valence-corrected chi connectivity index (χ3v) is 0.942. The topological polar surface area (TPSA) is 91.7 Å². The second-order valence-corrected chi connectivity index (χ2v) is 3.74. The van der Waals surface area contributed by atoms with Gasteiger partial charge in [-0.15, -0.1) is 0 Å². The summed E-state index contributed by atoms with van der Waals surface area (Å²) < 4.78 is 27.4. The molecule has 0 aliphatic carbocycles. The summed E-state index contributed by atoms with van der Waals surface area (Å²) in [5, 5.41) is 15.2. The van der Waals surface area contributed by atoms with Crippen molar-refractivity contribution in [1.29, 1.82) is 0 Å². The Labute approximate surface area is 60.5 Å². The average Bonchev–Trinajstić information content (AvgIpc) is 1.89. The van der Waals surface area contributed by atoms with Crippen LogP contribution in [0.1, 0.15) is 0 Å². The van der Waals surface area contributed by atoms with E-state index in [9.17, 15) is 0 Å². The molecule has 0 atom stereocenters. The molecule has 5 nitrogen and oxygen atoms in total. The van der Waals surface area contributed by atoms with Gasteiger partial charge in [-0.2, -0.15) is 0 Å². The molecule has 0 fully saturated rings. The van der Waals surface area contributed by atoms with E-state index in [-0.39, 0.29) is 13.2 Å². The van der Waals surface area contributed by atoms with Gasteiger partial charge >= 0.3 is 36.8 Å². The van der Waals surface area contributed by atoms with Crippen LogP contribution in [0.25, 0.3) is 0 Å². The van der Waals surface area contributed by atoms with Crippen molar-refractivity contribution in [2.75, 3.05) is 13.2 Å². The molecular weight excluding hydrogens is 184 g/mol. The van der Waals surface area contributed by atoms with Gasteiger partial charge in [0.1, 0.15) is 0 Å². The van der Waals surface area contributed by atoms with Crippen molar-refractivity contribution >= 4 is 7.78 Å². The van der Waals surface area contributed by atoms with Gasteiger partial charge in [0, 0.05) is 0 Å². The summed E-state index contributed by atoms with van der Waals surface area (Å²) in [4.78, 5) is 0. The zero-order valence-electron chi connectivity index (χ0n) is 4.44. The minimum atomic E-state index is -2.25. The second kappa shape index (κ2) is 11.1. The van der Waals surface area contributed by atoms with Crippen LogP contribution in [0, 0.1) is 0 Å². The van der Waals surface area contributed by atoms with Crippen molar-refractivity contribution < 1.29 is 39.2 Å². The first kappa shape index (κ1) is 12.0. The van der Waals surface area contributed by atoms with Gasteiger partial charge in [-0.05, 0) is 0 Å². The molecule has 0 aromatic rings. The molecule has 7 heteroatoms. The van der Waals surface area contributed by atoms with E-state index in [1.165, 1.54) is 0 Å². The Bertz CT molecular complexity index is 167. The Morgan fingerprint density at radius 1 is 1.22 bits per heavy atom. The maximum absolute atomic E-state index is 9.14. The fraction of sp³-hybridized carbons (Fsp3) is 1.00. The molecule has 0 aliphatic rings. The molecule has 2 N–H and O–H groups in total. The van der Waals surface area contributed by atoms with E-state index in [1.807, 2.05) is 0 Å². The van der Waals surface area contributed by atoms with E-state index in [0.29, 0.717) is 0 Å². The van der Waals surface area contributed by atoms with E-state index < -0.39 is 25.0 Å². The first-order chi connectivity index (χ1) is 4.18. The predicted octanol–water partition coefficient (Wildman–Crippen LogP) is -1.82. The predicted molar refractivity (Wildman–Crippen MR) is 23.8 cm³/mol. The molecule has 0 aromatic heterocycles. The fourth-order valence-corrected chi connectivity index (χ4v) is 0. The molecule has 0 aromatic carbocycles. The quantitative estimate of drug-likeness (QED) is 0.475. The first-order valence-electron chi connectivity index (χ1n) is 1.87. The molecule has 0 rings (SSSR count). The van der Waals surface area contributed by atoms with E-state index in [2.05, 4.69) is 0 Å². The summed E-state index contributed by atoms with van der Waals surface area (Å²) in [7, 11) is -2.25. The SMILES string of the molecule is OCCO.[O]=[Ti]=[S](=O)=O. The third kappa shape index (κ3) is 30.5. The van der Waals surface area contributed by atoms with Gasteiger partial charge in [-0.25, -0.2) is 0 Å². The molecule has 0 radical (unpaired) electrons. The van der Waals surface area contributed by atoms with Crippen molar-refractivity contribution in [1.82, 2.24) is 0 Å². The molecule has 0 heterocycles. The number of aliphatic hydroxyl groups excluding tert-OH is 2. The van der Waals surface area contributed by atoms with Crippen LogP contribution < -0.4 is 0 Å². The van der Waals surface area contributed by atoms with Gasteiger partial charge in [0.25, 0.3) is 0 Å². The molecule has 0 saturated carbocycles. The number of hydrogen-bond acceptors (Lipinski definition) is 5. The Morgan fingerprint density at radius 3 is 1.44 bits per heavy atom. The van der Waals surface area contributed by atoms with Crippen LogP contribution in [0.5, 0.6) is 0 Å². The van der Waals surface area contributed by atoms with Crippen molar-refractivity contribution in [2.24, 2.45) is 0 Å². The summed E-state index contributed by atoms with van der Waals surface area (Å²) in [6.07, 6.45) is 0. The fourth-order valence-electron chi connectivity index (χ4n) is 0. The molecule has 0 saturated heterocycles. The van der Waals surface area contributed by atoms with Crippen molar-refractivity contribution in [3.8, 4) is 0 Å². The number of rotatable bonds is 1. The minimum absolute atomic E-state index is 0.125. The van der Waals surface area contributed by atoms with Gasteiger partial charge in [0.2, 0.25) is 0 Å². The van der Waals surface area contributed by atoms with E-state index in [4.69, 9.17) is 22.0 Å². The van der Waals surface area contributed by atoms with E-state index in [1.54, 1.807) is 0 Å². The molecule has 54 valence electrons. The van der Waals surface area contributed by atoms with Crippen LogP contribution in [-0.4, -0.2) is 31.8 Å². The number of hydrogen-bond donors (Lipinski definition) is 2. The van der Waals surface area contributed by atoms with Gasteiger partial charge in [-0.1, -0.05) is 0 Å². The Kier molecular flexibility index (Phi) is 14.8. The molecule has 0 spiro atoms. The van der Waals surface area contributed by atoms with Crippen molar-refractivity contribution in [2.45, 2.75) is 0 Å².